The van der Waals surface area contributed by atoms with Crippen LogP contribution in [0.3, 0.4) is 0 Å². The maximum atomic E-state index is 13.2. The van der Waals surface area contributed by atoms with Gasteiger partial charge < -0.3 is 15.0 Å². The fraction of sp³-hybridized carbons (Fsp3) is 0.320. The van der Waals surface area contributed by atoms with E-state index in [0.717, 1.165) is 18.4 Å². The Kier molecular flexibility index (Phi) is 6.97. The summed E-state index contributed by atoms with van der Waals surface area (Å²) >= 11 is 1.45. The van der Waals surface area contributed by atoms with Gasteiger partial charge in [-0.1, -0.05) is 31.5 Å². The molecular weight excluding hydrogens is 420 g/mol. The average Bonchev–Trinajstić information content (AvgIpc) is 3.42. The Balaban J connectivity index is 1.49. The van der Waals surface area contributed by atoms with Crippen molar-refractivity contribution in [1.82, 2.24) is 14.5 Å². The van der Waals surface area contributed by atoms with Gasteiger partial charge in [0.2, 0.25) is 5.78 Å². The van der Waals surface area contributed by atoms with Gasteiger partial charge in [-0.15, -0.1) is 11.3 Å². The van der Waals surface area contributed by atoms with Gasteiger partial charge in [-0.25, -0.2) is 9.97 Å². The number of fused-ring (bicyclic) bond motifs is 1. The van der Waals surface area contributed by atoms with Gasteiger partial charge in [-0.2, -0.15) is 0 Å². The van der Waals surface area contributed by atoms with Crippen molar-refractivity contribution in [3.05, 3.63) is 76.0 Å². The molecule has 0 spiro atoms. The van der Waals surface area contributed by atoms with E-state index in [1.54, 1.807) is 6.20 Å². The topological polar surface area (TPSA) is 80.0 Å². The van der Waals surface area contributed by atoms with E-state index in [-0.39, 0.29) is 18.3 Å². The second-order valence-corrected chi connectivity index (χ2v) is 8.97. The molecule has 0 fully saturated rings. The lowest BCUT2D eigenvalue weighted by molar-refractivity contribution is 0.104. The quantitative estimate of drug-likeness (QED) is 0.337. The molecule has 0 aliphatic carbocycles. The van der Waals surface area contributed by atoms with Gasteiger partial charge in [0.05, 0.1) is 10.4 Å². The number of rotatable bonds is 10. The molecule has 32 heavy (non-hydrogen) atoms. The zero-order valence-corrected chi connectivity index (χ0v) is 19.2. The summed E-state index contributed by atoms with van der Waals surface area (Å²) in [7, 11) is 0. The molecule has 0 saturated heterocycles. The minimum atomic E-state index is -0.0768. The molecule has 0 aliphatic rings. The van der Waals surface area contributed by atoms with E-state index >= 15 is 0 Å². The van der Waals surface area contributed by atoms with Crippen LogP contribution in [-0.4, -0.2) is 38.6 Å². The normalized spacial score (nSPS) is 12.2. The Morgan fingerprint density at radius 1 is 1.31 bits per heavy atom. The zero-order chi connectivity index (χ0) is 22.5. The number of aliphatic hydroxyl groups excluding tert-OH is 1. The van der Waals surface area contributed by atoms with E-state index in [1.807, 2.05) is 17.5 Å². The molecule has 0 saturated carbocycles. The number of aromatic nitrogens is 3. The molecule has 4 rings (SSSR count). The number of benzene rings is 1. The van der Waals surface area contributed by atoms with Crippen LogP contribution in [0.4, 0.5) is 5.82 Å². The minimum Gasteiger partial charge on any atom is -0.396 e. The van der Waals surface area contributed by atoms with Gasteiger partial charge in [0.25, 0.3) is 0 Å². The summed E-state index contributed by atoms with van der Waals surface area (Å²) < 4.78 is 2.23. The van der Waals surface area contributed by atoms with Crippen molar-refractivity contribution in [3.63, 3.8) is 0 Å². The molecule has 1 unspecified atom stereocenters. The third kappa shape index (κ3) is 4.74. The Bertz CT molecular complexity index is 1210. The van der Waals surface area contributed by atoms with Crippen LogP contribution in [0.5, 0.6) is 0 Å². The van der Waals surface area contributed by atoms with E-state index in [9.17, 15) is 9.90 Å². The first-order chi connectivity index (χ1) is 15.6. The van der Waals surface area contributed by atoms with E-state index in [1.165, 1.54) is 34.1 Å². The largest absolute Gasteiger partial charge is 0.396 e. The van der Waals surface area contributed by atoms with E-state index in [4.69, 9.17) is 0 Å². The summed E-state index contributed by atoms with van der Waals surface area (Å²) in [6.07, 6.45) is 6.91. The number of ketones is 1. The number of nitrogens with one attached hydrogen (secondary N) is 1. The van der Waals surface area contributed by atoms with Gasteiger partial charge in [-0.05, 0) is 47.9 Å². The Hall–Kier alpha value is -3.03. The molecule has 6 nitrogen and oxygen atoms in total. The van der Waals surface area contributed by atoms with Crippen LogP contribution in [0.1, 0.15) is 46.1 Å². The van der Waals surface area contributed by atoms with Crippen LogP contribution in [0.25, 0.3) is 10.9 Å². The molecule has 1 atom stereocenters. The maximum Gasteiger partial charge on any atom is 0.208 e. The first-order valence-electron chi connectivity index (χ1n) is 10.9. The molecule has 0 aliphatic heterocycles. The lowest BCUT2D eigenvalue weighted by atomic mass is 10.0. The van der Waals surface area contributed by atoms with Crippen molar-refractivity contribution in [2.75, 3.05) is 18.5 Å². The van der Waals surface area contributed by atoms with E-state index in [2.05, 4.69) is 58.1 Å². The Morgan fingerprint density at radius 3 is 2.97 bits per heavy atom. The zero-order valence-electron chi connectivity index (χ0n) is 18.4. The highest BCUT2D eigenvalue weighted by atomic mass is 32.1. The van der Waals surface area contributed by atoms with E-state index in [0.29, 0.717) is 29.3 Å². The summed E-state index contributed by atoms with van der Waals surface area (Å²) in [5.74, 6) is 0.712. The van der Waals surface area contributed by atoms with Crippen molar-refractivity contribution in [3.8, 4) is 0 Å². The third-order valence-electron chi connectivity index (χ3n) is 5.86. The third-order valence-corrected chi connectivity index (χ3v) is 6.83. The molecule has 0 amide bonds. The lowest BCUT2D eigenvalue weighted by Gasteiger charge is -2.13. The average molecular weight is 449 g/mol. The number of para-hydroxylation sites is 1. The maximum absolute atomic E-state index is 13.2. The molecule has 3 heterocycles. The number of aliphatic hydroxyl groups is 1. The van der Waals surface area contributed by atoms with Gasteiger partial charge in [-0.3, -0.25) is 4.79 Å². The highest BCUT2D eigenvalue weighted by Crippen LogP contribution is 2.25. The smallest absolute Gasteiger partial charge is 0.208 e. The second-order valence-electron chi connectivity index (χ2n) is 8.06. The first kappa shape index (κ1) is 22.2. The van der Waals surface area contributed by atoms with Crippen molar-refractivity contribution in [2.45, 2.75) is 33.2 Å². The van der Waals surface area contributed by atoms with Gasteiger partial charge in [0.15, 0.2) is 0 Å². The second kappa shape index (κ2) is 10.1. The molecule has 7 heteroatoms. The molecule has 1 aromatic carbocycles. The SMILES string of the molecule is CCC(CO)CCNc1ncncc1C(=O)c1cc(Cn2cc(C)c3ccccc32)cs1. The minimum absolute atomic E-state index is 0.0768. The van der Waals surface area contributed by atoms with Crippen LogP contribution in [0, 0.1) is 12.8 Å². The predicted molar refractivity (Wildman–Crippen MR) is 130 cm³/mol. The van der Waals surface area contributed by atoms with Gasteiger partial charge in [0.1, 0.15) is 12.1 Å². The summed E-state index contributed by atoms with van der Waals surface area (Å²) in [6.45, 7) is 5.71. The van der Waals surface area contributed by atoms with Crippen molar-refractivity contribution in [2.24, 2.45) is 5.92 Å². The van der Waals surface area contributed by atoms with Gasteiger partial charge >= 0.3 is 0 Å². The number of thiophene rings is 1. The van der Waals surface area contributed by atoms with Crippen LogP contribution in [0.2, 0.25) is 0 Å². The molecule has 4 aromatic rings. The molecule has 0 bridgehead atoms. The van der Waals surface area contributed by atoms with Crippen LogP contribution in [-0.2, 0) is 6.54 Å². The number of hydrogen-bond acceptors (Lipinski definition) is 6. The standard InChI is InChI=1S/C25H28N4O2S/c1-3-18(14-30)8-9-27-25-21(11-26-16-28-25)24(31)23-10-19(15-32-23)13-29-12-17(2)20-6-4-5-7-22(20)29/h4-7,10-12,15-16,18,30H,3,8-9,13-14H2,1-2H3,(H,26,27,28). The number of carbonyl (C=O) groups excluding carboxylic acids is 1. The number of aryl methyl sites for hydroxylation is 1. The van der Waals surface area contributed by atoms with Crippen LogP contribution >= 0.6 is 11.3 Å². The first-order valence-corrected chi connectivity index (χ1v) is 11.8. The number of hydrogen-bond donors (Lipinski definition) is 2. The summed E-state index contributed by atoms with van der Waals surface area (Å²) in [5, 5.41) is 15.9. The summed E-state index contributed by atoms with van der Waals surface area (Å²) in [5.41, 5.74) is 4.01. The van der Waals surface area contributed by atoms with Gasteiger partial charge in [0, 0.05) is 43.0 Å². The molecule has 2 N–H and O–H groups in total. The fourth-order valence-corrected chi connectivity index (χ4v) is 4.78. The van der Waals surface area contributed by atoms with Crippen LogP contribution in [0.15, 0.2) is 54.4 Å². The number of nitrogens with zero attached hydrogens (tertiary/aromatic N) is 3. The molecule has 3 aromatic heterocycles. The lowest BCUT2D eigenvalue weighted by Crippen LogP contribution is -2.15. The summed E-state index contributed by atoms with van der Waals surface area (Å²) in [4.78, 5) is 22.2. The monoisotopic (exact) mass is 448 g/mol. The number of carbonyl (C=O) groups is 1. The van der Waals surface area contributed by atoms with Crippen molar-refractivity contribution >= 4 is 33.8 Å². The Morgan fingerprint density at radius 2 is 2.16 bits per heavy atom. The van der Waals surface area contributed by atoms with E-state index < -0.39 is 0 Å². The highest BCUT2D eigenvalue weighted by molar-refractivity contribution is 7.12. The summed E-state index contributed by atoms with van der Waals surface area (Å²) in [6, 6.07) is 10.3. The molecule has 0 radical (unpaired) electrons. The fourth-order valence-electron chi connectivity index (χ4n) is 3.92. The predicted octanol–water partition coefficient (Wildman–Crippen LogP) is 4.90. The van der Waals surface area contributed by atoms with Crippen molar-refractivity contribution in [1.29, 1.82) is 0 Å². The molecular formula is C25H28N4O2S. The van der Waals surface area contributed by atoms with Crippen LogP contribution < -0.4 is 5.32 Å². The Labute approximate surface area is 192 Å². The van der Waals surface area contributed by atoms with Crippen molar-refractivity contribution < 1.29 is 9.90 Å². The number of anilines is 1. The molecule has 166 valence electrons. The highest BCUT2D eigenvalue weighted by Gasteiger charge is 2.18.